The molecule has 0 aliphatic rings. The maximum atomic E-state index is 12.3. The number of pyridine rings is 1. The van der Waals surface area contributed by atoms with Gasteiger partial charge in [-0.1, -0.05) is 17.5 Å². The lowest BCUT2D eigenvalue weighted by Crippen LogP contribution is -2.29. The minimum Gasteiger partial charge on any atom is -0.397 e. The van der Waals surface area contributed by atoms with Gasteiger partial charge in [0.1, 0.15) is 16.2 Å². The van der Waals surface area contributed by atoms with Gasteiger partial charge in [-0.15, -0.1) is 11.2 Å². The summed E-state index contributed by atoms with van der Waals surface area (Å²) in [6, 6.07) is 6.68. The topological polar surface area (TPSA) is 48.5 Å². The Kier molecular flexibility index (Phi) is 2.65. The Morgan fingerprint density at radius 3 is 3.00 bits per heavy atom. The number of halogens is 1. The maximum Gasteiger partial charge on any atom is 0.308 e. The standard InChI is InChI=1S/C13H8ClN3O2/c1-2-8-19-17-9-4-3-7-15-12(9)16-10(13(17)18)5-6-11(16)14/h1,3-7H,8H2. The van der Waals surface area contributed by atoms with Crippen LogP contribution in [0.1, 0.15) is 0 Å². The van der Waals surface area contributed by atoms with Gasteiger partial charge in [-0.2, -0.15) is 0 Å². The molecule has 0 saturated carbocycles. The lowest BCUT2D eigenvalue weighted by Gasteiger charge is -2.11. The fourth-order valence-corrected chi connectivity index (χ4v) is 2.19. The summed E-state index contributed by atoms with van der Waals surface area (Å²) < 4.78 is 2.73. The summed E-state index contributed by atoms with van der Waals surface area (Å²) in [5.41, 5.74) is 1.09. The third kappa shape index (κ3) is 1.65. The number of hydrogen-bond donors (Lipinski definition) is 0. The van der Waals surface area contributed by atoms with Crippen LogP contribution in [0.4, 0.5) is 0 Å². The van der Waals surface area contributed by atoms with Gasteiger partial charge in [0.15, 0.2) is 12.3 Å². The largest absolute Gasteiger partial charge is 0.397 e. The molecular formula is C13H8ClN3O2. The third-order valence-electron chi connectivity index (χ3n) is 2.71. The molecule has 6 heteroatoms. The quantitative estimate of drug-likeness (QED) is 0.663. The molecule has 0 radical (unpaired) electrons. The zero-order valence-electron chi connectivity index (χ0n) is 9.71. The fourth-order valence-electron chi connectivity index (χ4n) is 1.96. The van der Waals surface area contributed by atoms with E-state index in [9.17, 15) is 4.79 Å². The van der Waals surface area contributed by atoms with Crippen molar-refractivity contribution in [2.45, 2.75) is 0 Å². The highest BCUT2D eigenvalue weighted by Gasteiger charge is 2.14. The Hall–Kier alpha value is -2.45. The first-order valence-electron chi connectivity index (χ1n) is 5.47. The van der Waals surface area contributed by atoms with Gasteiger partial charge in [-0.3, -0.25) is 9.20 Å². The molecule has 3 rings (SSSR count). The van der Waals surface area contributed by atoms with Gasteiger partial charge in [-0.05, 0) is 24.3 Å². The van der Waals surface area contributed by atoms with Crippen LogP contribution in [0.15, 0.2) is 35.3 Å². The molecule has 0 aromatic carbocycles. The van der Waals surface area contributed by atoms with E-state index in [1.807, 2.05) is 0 Å². The van der Waals surface area contributed by atoms with Crippen LogP contribution in [-0.2, 0) is 0 Å². The molecular weight excluding hydrogens is 266 g/mol. The third-order valence-corrected chi connectivity index (χ3v) is 3.01. The van der Waals surface area contributed by atoms with Crippen LogP contribution in [0.25, 0.3) is 16.7 Å². The number of rotatable bonds is 2. The van der Waals surface area contributed by atoms with E-state index in [2.05, 4.69) is 10.9 Å². The van der Waals surface area contributed by atoms with E-state index >= 15 is 0 Å². The van der Waals surface area contributed by atoms with Gasteiger partial charge >= 0.3 is 5.56 Å². The van der Waals surface area contributed by atoms with Crippen LogP contribution >= 0.6 is 11.6 Å². The Balaban J connectivity index is 2.50. The average Bonchev–Trinajstić information content (AvgIpc) is 2.81. The Morgan fingerprint density at radius 2 is 2.21 bits per heavy atom. The van der Waals surface area contributed by atoms with Crippen LogP contribution < -0.4 is 10.4 Å². The van der Waals surface area contributed by atoms with Crippen LogP contribution in [0.2, 0.25) is 5.15 Å². The highest BCUT2D eigenvalue weighted by molar-refractivity contribution is 6.30. The molecule has 0 aliphatic carbocycles. The number of aromatic nitrogens is 3. The summed E-state index contributed by atoms with van der Waals surface area (Å²) in [6.45, 7) is -0.00544. The van der Waals surface area contributed by atoms with E-state index in [1.54, 1.807) is 34.9 Å². The molecule has 0 unspecified atom stereocenters. The van der Waals surface area contributed by atoms with E-state index < -0.39 is 0 Å². The Labute approximate surface area is 113 Å². The van der Waals surface area contributed by atoms with Crippen molar-refractivity contribution in [1.82, 2.24) is 14.1 Å². The molecule has 3 heterocycles. The molecule has 94 valence electrons. The van der Waals surface area contributed by atoms with Crippen LogP contribution in [0.3, 0.4) is 0 Å². The average molecular weight is 274 g/mol. The van der Waals surface area contributed by atoms with Crippen LogP contribution in [-0.4, -0.2) is 20.7 Å². The molecule has 0 aliphatic heterocycles. The van der Waals surface area contributed by atoms with Crippen LogP contribution in [0, 0.1) is 12.3 Å². The summed E-state index contributed by atoms with van der Waals surface area (Å²) in [5, 5.41) is 0.417. The summed E-state index contributed by atoms with van der Waals surface area (Å²) in [6.07, 6.45) is 6.77. The highest BCUT2D eigenvalue weighted by Crippen LogP contribution is 2.18. The second kappa shape index (κ2) is 4.34. The summed E-state index contributed by atoms with van der Waals surface area (Å²) in [4.78, 5) is 21.9. The van der Waals surface area contributed by atoms with E-state index in [0.29, 0.717) is 21.8 Å². The van der Waals surface area contributed by atoms with Crippen molar-refractivity contribution in [2.24, 2.45) is 0 Å². The van der Waals surface area contributed by atoms with Crippen molar-refractivity contribution in [3.05, 3.63) is 46.0 Å². The first-order chi connectivity index (χ1) is 9.24. The predicted octanol–water partition coefficient (Wildman–Crippen LogP) is 1.36. The van der Waals surface area contributed by atoms with Crippen molar-refractivity contribution in [1.29, 1.82) is 0 Å². The van der Waals surface area contributed by atoms with Crippen molar-refractivity contribution in [3.63, 3.8) is 0 Å². The van der Waals surface area contributed by atoms with E-state index in [4.69, 9.17) is 22.9 Å². The zero-order valence-corrected chi connectivity index (χ0v) is 10.5. The number of nitrogens with zero attached hydrogens (tertiary/aromatic N) is 3. The number of hydrogen-bond acceptors (Lipinski definition) is 3. The second-order valence-corrected chi connectivity index (χ2v) is 4.19. The molecule has 0 amide bonds. The Bertz CT molecular complexity index is 873. The van der Waals surface area contributed by atoms with Gasteiger partial charge in [0.25, 0.3) is 0 Å². The van der Waals surface area contributed by atoms with Gasteiger partial charge in [-0.25, -0.2) is 4.98 Å². The molecule has 3 aromatic heterocycles. The molecule has 3 aromatic rings. The lowest BCUT2D eigenvalue weighted by atomic mass is 10.4. The second-order valence-electron chi connectivity index (χ2n) is 3.80. The molecule has 0 saturated heterocycles. The SMILES string of the molecule is C#CCOn1c(=O)c2ccc(Cl)n2c2ncccc21. The first kappa shape index (κ1) is 11.6. The lowest BCUT2D eigenvalue weighted by molar-refractivity contribution is 0.142. The Morgan fingerprint density at radius 1 is 1.37 bits per heavy atom. The van der Waals surface area contributed by atoms with Gasteiger partial charge in [0, 0.05) is 6.20 Å². The first-order valence-corrected chi connectivity index (χ1v) is 5.85. The van der Waals surface area contributed by atoms with Gasteiger partial charge in [0.2, 0.25) is 0 Å². The minimum absolute atomic E-state index is 0.00544. The summed E-state index contributed by atoms with van der Waals surface area (Å²) >= 11 is 6.08. The molecule has 5 nitrogen and oxygen atoms in total. The molecule has 0 atom stereocenters. The molecule has 0 fully saturated rings. The predicted molar refractivity (Wildman–Crippen MR) is 72.2 cm³/mol. The molecule has 0 bridgehead atoms. The minimum atomic E-state index is -0.331. The van der Waals surface area contributed by atoms with Crippen molar-refractivity contribution < 1.29 is 4.84 Å². The van der Waals surface area contributed by atoms with Gasteiger partial charge in [0.05, 0.1) is 0 Å². The van der Waals surface area contributed by atoms with Crippen molar-refractivity contribution in [2.75, 3.05) is 6.61 Å². The van der Waals surface area contributed by atoms with Crippen molar-refractivity contribution in [3.8, 4) is 12.3 Å². The maximum absolute atomic E-state index is 12.3. The fraction of sp³-hybridized carbons (Fsp3) is 0.0769. The van der Waals surface area contributed by atoms with Crippen LogP contribution in [0.5, 0.6) is 0 Å². The van der Waals surface area contributed by atoms with E-state index in [-0.39, 0.29) is 12.2 Å². The monoisotopic (exact) mass is 273 g/mol. The summed E-state index contributed by atoms with van der Waals surface area (Å²) in [5.74, 6) is 2.33. The van der Waals surface area contributed by atoms with E-state index in [0.717, 1.165) is 4.73 Å². The molecule has 19 heavy (non-hydrogen) atoms. The van der Waals surface area contributed by atoms with Gasteiger partial charge < -0.3 is 4.84 Å². The molecule has 0 spiro atoms. The number of terminal acetylenes is 1. The normalized spacial score (nSPS) is 10.7. The zero-order chi connectivity index (χ0) is 13.4. The van der Waals surface area contributed by atoms with Crippen molar-refractivity contribution >= 4 is 28.3 Å². The smallest absolute Gasteiger partial charge is 0.308 e. The summed E-state index contributed by atoms with van der Waals surface area (Å²) in [7, 11) is 0. The van der Waals surface area contributed by atoms with E-state index in [1.165, 1.54) is 0 Å². The highest BCUT2D eigenvalue weighted by atomic mass is 35.5. The molecule has 0 N–H and O–H groups in total. The number of fused-ring (bicyclic) bond motifs is 3.